The van der Waals surface area contributed by atoms with Gasteiger partial charge >= 0.3 is 5.97 Å². The number of hydrogen-bond acceptors (Lipinski definition) is 4. The molecule has 0 aliphatic carbocycles. The molecule has 1 aromatic heterocycles. The van der Waals surface area contributed by atoms with Crippen LogP contribution in [-0.2, 0) is 16.0 Å². The van der Waals surface area contributed by atoms with Gasteiger partial charge in [0.2, 0.25) is 5.91 Å². The Morgan fingerprint density at radius 3 is 2.84 bits per heavy atom. The number of fused-ring (bicyclic) bond motifs is 1. The van der Waals surface area contributed by atoms with Gasteiger partial charge in [-0.3, -0.25) is 4.79 Å². The molecule has 0 aliphatic rings. The van der Waals surface area contributed by atoms with Crippen LogP contribution in [0.1, 0.15) is 5.56 Å². The molecule has 6 heteroatoms. The molecule has 2 rings (SSSR count). The number of nitrogens with two attached hydrogens (primary N) is 1. The smallest absolute Gasteiger partial charge is 0.330 e. The zero-order chi connectivity index (χ0) is 13.8. The predicted molar refractivity (Wildman–Crippen MR) is 68.5 cm³/mol. The van der Waals surface area contributed by atoms with Gasteiger partial charge in [-0.25, -0.2) is 4.79 Å². The van der Waals surface area contributed by atoms with Gasteiger partial charge in [0.15, 0.2) is 6.04 Å². The molecule has 19 heavy (non-hydrogen) atoms. The highest BCUT2D eigenvalue weighted by Crippen LogP contribution is 2.20. The average molecular weight is 262 g/mol. The van der Waals surface area contributed by atoms with Crippen molar-refractivity contribution in [2.75, 3.05) is 6.54 Å². The number of hydrogen-bond donors (Lipinski definition) is 3. The topological polar surface area (TPSA) is 106 Å². The Bertz CT molecular complexity index is 605. The molecule has 0 saturated carbocycles. The number of carbonyl (C=O) groups excluding carboxylic acids is 1. The lowest BCUT2D eigenvalue weighted by molar-refractivity contribution is -0.142. The van der Waals surface area contributed by atoms with E-state index in [1.54, 1.807) is 6.26 Å². The molecule has 100 valence electrons. The van der Waals surface area contributed by atoms with Crippen molar-refractivity contribution >= 4 is 22.8 Å². The van der Waals surface area contributed by atoms with Crippen molar-refractivity contribution in [3.8, 4) is 0 Å². The van der Waals surface area contributed by atoms with Crippen LogP contribution in [0.15, 0.2) is 34.9 Å². The SMILES string of the molecule is NC(C(=O)O)C(=O)NCCc1coc2ccccc12. The van der Waals surface area contributed by atoms with E-state index in [9.17, 15) is 9.59 Å². The molecule has 0 bridgehead atoms. The summed E-state index contributed by atoms with van der Waals surface area (Å²) in [5.74, 6) is -2.04. The summed E-state index contributed by atoms with van der Waals surface area (Å²) < 4.78 is 5.36. The summed E-state index contributed by atoms with van der Waals surface area (Å²) >= 11 is 0. The van der Waals surface area contributed by atoms with Crippen LogP contribution in [0.4, 0.5) is 0 Å². The minimum Gasteiger partial charge on any atom is -0.480 e. The Labute approximate surface area is 109 Å². The van der Waals surface area contributed by atoms with E-state index in [4.69, 9.17) is 15.3 Å². The highest BCUT2D eigenvalue weighted by Gasteiger charge is 2.20. The van der Waals surface area contributed by atoms with Gasteiger partial charge < -0.3 is 20.6 Å². The lowest BCUT2D eigenvalue weighted by Crippen LogP contribution is -2.46. The minimum absolute atomic E-state index is 0.309. The van der Waals surface area contributed by atoms with E-state index in [2.05, 4.69) is 5.32 Å². The highest BCUT2D eigenvalue weighted by molar-refractivity contribution is 6.00. The van der Waals surface area contributed by atoms with E-state index >= 15 is 0 Å². The molecule has 1 amide bonds. The second-order valence-electron chi connectivity index (χ2n) is 4.11. The van der Waals surface area contributed by atoms with Gasteiger partial charge in [-0.15, -0.1) is 0 Å². The van der Waals surface area contributed by atoms with Crippen molar-refractivity contribution in [2.24, 2.45) is 5.73 Å². The lowest BCUT2D eigenvalue weighted by Gasteiger charge is -2.07. The highest BCUT2D eigenvalue weighted by atomic mass is 16.4. The molecule has 1 unspecified atom stereocenters. The van der Waals surface area contributed by atoms with Crippen molar-refractivity contribution in [1.82, 2.24) is 5.32 Å². The molecule has 1 atom stereocenters. The first-order valence-corrected chi connectivity index (χ1v) is 5.81. The van der Waals surface area contributed by atoms with E-state index in [0.717, 1.165) is 16.5 Å². The third kappa shape index (κ3) is 2.92. The summed E-state index contributed by atoms with van der Waals surface area (Å²) in [5.41, 5.74) is 6.92. The third-order valence-electron chi connectivity index (χ3n) is 2.80. The number of carboxylic acids is 1. The number of amides is 1. The summed E-state index contributed by atoms with van der Waals surface area (Å²) in [4.78, 5) is 21.8. The normalized spacial score (nSPS) is 12.3. The summed E-state index contributed by atoms with van der Waals surface area (Å²) in [7, 11) is 0. The minimum atomic E-state index is -1.53. The van der Waals surface area contributed by atoms with E-state index in [0.29, 0.717) is 13.0 Å². The Kier molecular flexibility index (Phi) is 3.82. The zero-order valence-corrected chi connectivity index (χ0v) is 10.1. The average Bonchev–Trinajstić information content (AvgIpc) is 2.81. The van der Waals surface area contributed by atoms with Crippen LogP contribution < -0.4 is 11.1 Å². The first kappa shape index (κ1) is 13.1. The van der Waals surface area contributed by atoms with Crippen LogP contribution in [0, 0.1) is 0 Å². The zero-order valence-electron chi connectivity index (χ0n) is 10.1. The first-order valence-electron chi connectivity index (χ1n) is 5.81. The maximum atomic E-state index is 11.3. The van der Waals surface area contributed by atoms with Crippen molar-refractivity contribution < 1.29 is 19.1 Å². The molecule has 2 aromatic rings. The predicted octanol–water partition coefficient (Wildman–Crippen LogP) is 0.503. The van der Waals surface area contributed by atoms with E-state index < -0.39 is 17.9 Å². The van der Waals surface area contributed by atoms with Gasteiger partial charge in [-0.2, -0.15) is 0 Å². The fourth-order valence-corrected chi connectivity index (χ4v) is 1.77. The molecule has 1 aromatic carbocycles. The van der Waals surface area contributed by atoms with Crippen LogP contribution in [-0.4, -0.2) is 29.6 Å². The van der Waals surface area contributed by atoms with Gasteiger partial charge in [0, 0.05) is 11.9 Å². The lowest BCUT2D eigenvalue weighted by atomic mass is 10.1. The second kappa shape index (κ2) is 5.53. The van der Waals surface area contributed by atoms with Gasteiger partial charge in [0.05, 0.1) is 6.26 Å². The van der Waals surface area contributed by atoms with Crippen molar-refractivity contribution in [1.29, 1.82) is 0 Å². The van der Waals surface area contributed by atoms with Gasteiger partial charge in [-0.05, 0) is 18.1 Å². The van der Waals surface area contributed by atoms with Crippen molar-refractivity contribution in [2.45, 2.75) is 12.5 Å². The summed E-state index contributed by atoms with van der Waals surface area (Å²) in [6, 6.07) is 6.04. The number of carbonyl (C=O) groups is 2. The number of para-hydroxylation sites is 1. The maximum absolute atomic E-state index is 11.3. The first-order chi connectivity index (χ1) is 9.09. The van der Waals surface area contributed by atoms with Gasteiger partial charge in [0.1, 0.15) is 5.58 Å². The van der Waals surface area contributed by atoms with Crippen LogP contribution in [0.25, 0.3) is 11.0 Å². The number of carboxylic acid groups (broad SMARTS) is 1. The third-order valence-corrected chi connectivity index (χ3v) is 2.80. The molecule has 0 spiro atoms. The number of benzene rings is 1. The maximum Gasteiger partial charge on any atom is 0.330 e. The Hall–Kier alpha value is -2.34. The molecule has 0 fully saturated rings. The number of nitrogens with one attached hydrogen (secondary N) is 1. The summed E-state index contributed by atoms with van der Waals surface area (Å²) in [5, 5.41) is 12.0. The molecule has 4 N–H and O–H groups in total. The van der Waals surface area contributed by atoms with Crippen LogP contribution in [0.2, 0.25) is 0 Å². The Morgan fingerprint density at radius 2 is 2.11 bits per heavy atom. The molecular weight excluding hydrogens is 248 g/mol. The Morgan fingerprint density at radius 1 is 1.37 bits per heavy atom. The number of furan rings is 1. The molecule has 0 aliphatic heterocycles. The standard InChI is InChI=1S/C13H14N2O4/c14-11(13(17)18)12(16)15-6-5-8-7-19-10-4-2-1-3-9(8)10/h1-4,7,11H,5-6,14H2,(H,15,16)(H,17,18). The Balaban J connectivity index is 1.93. The van der Waals surface area contributed by atoms with Crippen LogP contribution in [0.5, 0.6) is 0 Å². The van der Waals surface area contributed by atoms with E-state index in [1.807, 2.05) is 24.3 Å². The van der Waals surface area contributed by atoms with E-state index in [1.165, 1.54) is 0 Å². The van der Waals surface area contributed by atoms with Gasteiger partial charge in [0.25, 0.3) is 0 Å². The summed E-state index contributed by atoms with van der Waals surface area (Å²) in [6.07, 6.45) is 2.18. The van der Waals surface area contributed by atoms with Crippen LogP contribution in [0.3, 0.4) is 0 Å². The van der Waals surface area contributed by atoms with Crippen molar-refractivity contribution in [3.05, 3.63) is 36.1 Å². The molecule has 6 nitrogen and oxygen atoms in total. The summed E-state index contributed by atoms with van der Waals surface area (Å²) in [6.45, 7) is 0.309. The number of aliphatic carboxylic acids is 1. The molecule has 0 saturated heterocycles. The molecule has 1 heterocycles. The van der Waals surface area contributed by atoms with Crippen molar-refractivity contribution in [3.63, 3.8) is 0 Å². The largest absolute Gasteiger partial charge is 0.480 e. The van der Waals surface area contributed by atoms with E-state index in [-0.39, 0.29) is 0 Å². The fraction of sp³-hybridized carbons (Fsp3) is 0.231. The molecule has 0 radical (unpaired) electrons. The monoisotopic (exact) mass is 262 g/mol. The second-order valence-corrected chi connectivity index (χ2v) is 4.11. The fourth-order valence-electron chi connectivity index (χ4n) is 1.77. The molecular formula is C13H14N2O4. The number of rotatable bonds is 5. The quantitative estimate of drug-likeness (QED) is 0.680. The van der Waals surface area contributed by atoms with Gasteiger partial charge in [-0.1, -0.05) is 18.2 Å². The van der Waals surface area contributed by atoms with Crippen LogP contribution >= 0.6 is 0 Å².